The van der Waals surface area contributed by atoms with E-state index in [4.69, 9.17) is 0 Å². The van der Waals surface area contributed by atoms with Gasteiger partial charge in [-0.25, -0.2) is 0 Å². The number of hydrogen-bond acceptors (Lipinski definition) is 2. The first-order valence-electron chi connectivity index (χ1n) is 6.88. The second kappa shape index (κ2) is 4.71. The lowest BCUT2D eigenvalue weighted by molar-refractivity contribution is 0.411. The molecule has 0 saturated heterocycles. The van der Waals surface area contributed by atoms with Crippen molar-refractivity contribution in [1.82, 2.24) is 0 Å². The van der Waals surface area contributed by atoms with Gasteiger partial charge in [-0.15, -0.1) is 11.3 Å². The van der Waals surface area contributed by atoms with Crippen molar-refractivity contribution in [2.45, 2.75) is 27.2 Å². The molecular formula is C18H18OS. The molecule has 1 heterocycles. The fourth-order valence-corrected chi connectivity index (χ4v) is 3.70. The van der Waals surface area contributed by atoms with Crippen molar-refractivity contribution in [3.63, 3.8) is 0 Å². The molecular weight excluding hydrogens is 264 g/mol. The molecule has 0 saturated carbocycles. The van der Waals surface area contributed by atoms with Gasteiger partial charge in [0, 0.05) is 20.2 Å². The Morgan fingerprint density at radius 2 is 1.65 bits per heavy atom. The fraction of sp³-hybridized carbons (Fsp3) is 0.278. The molecule has 0 N–H and O–H groups in total. The highest BCUT2D eigenvalue weighted by atomic mass is 32.1. The number of benzene rings is 2. The molecule has 3 aromatic rings. The summed E-state index contributed by atoms with van der Waals surface area (Å²) in [6.45, 7) is 6.71. The lowest BCUT2D eigenvalue weighted by Crippen LogP contribution is -2.09. The molecule has 20 heavy (non-hydrogen) atoms. The molecule has 0 aliphatic rings. The first-order chi connectivity index (χ1) is 9.44. The molecule has 1 aromatic heterocycles. The quantitative estimate of drug-likeness (QED) is 0.574. The fourth-order valence-electron chi connectivity index (χ4n) is 2.57. The molecule has 0 amide bonds. The zero-order valence-electron chi connectivity index (χ0n) is 12.1. The largest absolute Gasteiger partial charge is 0.289 e. The van der Waals surface area contributed by atoms with E-state index < -0.39 is 0 Å². The van der Waals surface area contributed by atoms with Crippen molar-refractivity contribution in [1.29, 1.82) is 0 Å². The van der Waals surface area contributed by atoms with Gasteiger partial charge in [-0.2, -0.15) is 0 Å². The zero-order valence-corrected chi connectivity index (χ0v) is 12.9. The number of fused-ring (bicyclic) bond motifs is 2. The Morgan fingerprint density at radius 3 is 2.40 bits per heavy atom. The monoisotopic (exact) mass is 282 g/mol. The summed E-state index contributed by atoms with van der Waals surface area (Å²) >= 11 is 1.71. The van der Waals surface area contributed by atoms with Gasteiger partial charge in [0.2, 0.25) is 0 Å². The molecule has 0 bridgehead atoms. The molecule has 0 atom stereocenters. The average molecular weight is 282 g/mol. The molecule has 0 radical (unpaired) electrons. The third-order valence-electron chi connectivity index (χ3n) is 3.38. The summed E-state index contributed by atoms with van der Waals surface area (Å²) in [4.78, 5) is 12.5. The topological polar surface area (TPSA) is 17.1 Å². The predicted molar refractivity (Wildman–Crippen MR) is 88.8 cm³/mol. The third-order valence-corrected chi connectivity index (χ3v) is 4.51. The van der Waals surface area contributed by atoms with E-state index in [1.54, 1.807) is 11.3 Å². The van der Waals surface area contributed by atoms with Crippen LogP contribution in [0.25, 0.3) is 20.2 Å². The van der Waals surface area contributed by atoms with E-state index >= 15 is 0 Å². The molecule has 2 aromatic carbocycles. The zero-order chi connectivity index (χ0) is 14.3. The van der Waals surface area contributed by atoms with Crippen LogP contribution in [-0.2, 0) is 6.42 Å². The highest BCUT2D eigenvalue weighted by Gasteiger charge is 2.12. The Kier molecular flexibility index (Phi) is 3.14. The summed E-state index contributed by atoms with van der Waals surface area (Å²) in [5, 5.41) is 1.67. The van der Waals surface area contributed by atoms with E-state index in [1.807, 2.05) is 30.3 Å². The maximum Gasteiger partial charge on any atom is 0.195 e. The van der Waals surface area contributed by atoms with Crippen molar-refractivity contribution in [3.8, 4) is 0 Å². The van der Waals surface area contributed by atoms with Crippen LogP contribution < -0.4 is 5.43 Å². The summed E-state index contributed by atoms with van der Waals surface area (Å²) in [6, 6.07) is 14.1. The normalized spacial score (nSPS) is 12.2. The van der Waals surface area contributed by atoms with Crippen LogP contribution in [0.1, 0.15) is 26.3 Å². The second-order valence-corrected chi connectivity index (χ2v) is 7.58. The van der Waals surface area contributed by atoms with Gasteiger partial charge >= 0.3 is 0 Å². The molecule has 0 fully saturated rings. The number of rotatable bonds is 1. The van der Waals surface area contributed by atoms with E-state index in [1.165, 1.54) is 5.56 Å². The van der Waals surface area contributed by atoms with Crippen LogP contribution in [0.4, 0.5) is 0 Å². The molecule has 3 rings (SSSR count). The SMILES string of the molecule is CC(C)(C)Cc1ccc2c(=O)c3ccccc3sc2c1. The predicted octanol–water partition coefficient (Wildman–Crippen LogP) is 5.00. The Labute approximate surface area is 122 Å². The van der Waals surface area contributed by atoms with Crippen molar-refractivity contribution in [2.75, 3.05) is 0 Å². The van der Waals surface area contributed by atoms with Gasteiger partial charge in [-0.05, 0) is 41.7 Å². The second-order valence-electron chi connectivity index (χ2n) is 6.50. The summed E-state index contributed by atoms with van der Waals surface area (Å²) < 4.78 is 2.16. The van der Waals surface area contributed by atoms with Crippen LogP contribution in [0.2, 0.25) is 0 Å². The smallest absolute Gasteiger partial charge is 0.195 e. The van der Waals surface area contributed by atoms with Crippen LogP contribution in [0.15, 0.2) is 47.3 Å². The number of hydrogen-bond donors (Lipinski definition) is 0. The standard InChI is InChI=1S/C18H18OS/c1-18(2,3)11-12-8-9-14-16(10-12)20-15-7-5-4-6-13(15)17(14)19/h4-10H,11H2,1-3H3. The Bertz CT molecular complexity index is 837. The lowest BCUT2D eigenvalue weighted by atomic mass is 9.88. The van der Waals surface area contributed by atoms with Crippen LogP contribution in [0.3, 0.4) is 0 Å². The lowest BCUT2D eigenvalue weighted by Gasteiger charge is -2.18. The summed E-state index contributed by atoms with van der Waals surface area (Å²) in [5.41, 5.74) is 1.71. The van der Waals surface area contributed by atoms with E-state index in [9.17, 15) is 4.79 Å². The Morgan fingerprint density at radius 1 is 0.950 bits per heavy atom. The van der Waals surface area contributed by atoms with Crippen LogP contribution in [0.5, 0.6) is 0 Å². The minimum atomic E-state index is 0.150. The van der Waals surface area contributed by atoms with Gasteiger partial charge in [0.25, 0.3) is 0 Å². The van der Waals surface area contributed by atoms with Crippen LogP contribution in [0, 0.1) is 5.41 Å². The van der Waals surface area contributed by atoms with Crippen molar-refractivity contribution < 1.29 is 0 Å². The van der Waals surface area contributed by atoms with Crippen LogP contribution >= 0.6 is 11.3 Å². The third kappa shape index (κ3) is 2.48. The molecule has 1 nitrogen and oxygen atoms in total. The van der Waals surface area contributed by atoms with Crippen molar-refractivity contribution >= 4 is 31.5 Å². The maximum absolute atomic E-state index is 12.5. The van der Waals surface area contributed by atoms with Gasteiger partial charge in [0.05, 0.1) is 0 Å². The molecule has 0 aliphatic carbocycles. The summed E-state index contributed by atoms with van der Waals surface area (Å²) in [7, 11) is 0. The highest BCUT2D eigenvalue weighted by Crippen LogP contribution is 2.27. The van der Waals surface area contributed by atoms with E-state index in [-0.39, 0.29) is 10.8 Å². The summed E-state index contributed by atoms with van der Waals surface area (Å²) in [6.07, 6.45) is 1.02. The molecule has 102 valence electrons. The van der Waals surface area contributed by atoms with Gasteiger partial charge in [-0.1, -0.05) is 39.0 Å². The van der Waals surface area contributed by atoms with Gasteiger partial charge < -0.3 is 0 Å². The molecule has 0 aliphatic heterocycles. The first kappa shape index (κ1) is 13.3. The van der Waals surface area contributed by atoms with Crippen molar-refractivity contribution in [2.24, 2.45) is 5.41 Å². The van der Waals surface area contributed by atoms with E-state index in [0.29, 0.717) is 0 Å². The maximum atomic E-state index is 12.5. The minimum absolute atomic E-state index is 0.150. The summed E-state index contributed by atoms with van der Waals surface area (Å²) in [5.74, 6) is 0. The molecule has 2 heteroatoms. The van der Waals surface area contributed by atoms with Gasteiger partial charge in [-0.3, -0.25) is 4.79 Å². The van der Waals surface area contributed by atoms with Crippen molar-refractivity contribution in [3.05, 3.63) is 58.3 Å². The van der Waals surface area contributed by atoms with E-state index in [0.717, 1.165) is 26.6 Å². The van der Waals surface area contributed by atoms with E-state index in [2.05, 4.69) is 32.9 Å². The van der Waals surface area contributed by atoms with Gasteiger partial charge in [0.15, 0.2) is 5.43 Å². The van der Waals surface area contributed by atoms with Crippen LogP contribution in [-0.4, -0.2) is 0 Å². The Hall–Kier alpha value is -1.67. The Balaban J connectivity index is 2.25. The highest BCUT2D eigenvalue weighted by molar-refractivity contribution is 7.24. The first-order valence-corrected chi connectivity index (χ1v) is 7.70. The molecule has 0 spiro atoms. The molecule has 0 unspecified atom stereocenters. The van der Waals surface area contributed by atoms with Gasteiger partial charge in [0.1, 0.15) is 0 Å². The minimum Gasteiger partial charge on any atom is -0.289 e. The average Bonchev–Trinajstić information content (AvgIpc) is 2.37.